The minimum atomic E-state index is -0.443. The smallest absolute Gasteiger partial charge is 0.226 e. The first kappa shape index (κ1) is 17.8. The Morgan fingerprint density at radius 1 is 1.00 bits per heavy atom. The maximum atomic E-state index is 11.7. The van der Waals surface area contributed by atoms with E-state index in [9.17, 15) is 4.79 Å². The molecule has 0 aliphatic heterocycles. The first-order valence-corrected chi connectivity index (χ1v) is 7.92. The molecule has 1 N–H and O–H groups in total. The number of nitrogens with one attached hydrogen (secondary N) is 1. The van der Waals surface area contributed by atoms with E-state index >= 15 is 0 Å². The Morgan fingerprint density at radius 3 is 2.00 bits per heavy atom. The van der Waals surface area contributed by atoms with Crippen LogP contribution in [0.1, 0.15) is 72.1 Å². The van der Waals surface area contributed by atoms with Gasteiger partial charge in [-0.1, -0.05) is 51.9 Å². The molecule has 0 bridgehead atoms. The fourth-order valence-electron chi connectivity index (χ4n) is 1.76. The van der Waals surface area contributed by atoms with Gasteiger partial charge in [-0.2, -0.15) is 0 Å². The van der Waals surface area contributed by atoms with Crippen molar-refractivity contribution in [3.8, 4) is 0 Å². The van der Waals surface area contributed by atoms with Crippen molar-refractivity contribution in [3.63, 3.8) is 0 Å². The normalized spacial score (nSPS) is 11.6. The van der Waals surface area contributed by atoms with E-state index in [1.807, 2.05) is 13.8 Å². The lowest BCUT2D eigenvalue weighted by Crippen LogP contribution is -2.38. The van der Waals surface area contributed by atoms with Crippen LogP contribution in [0.4, 0.5) is 0 Å². The van der Waals surface area contributed by atoms with Crippen molar-refractivity contribution in [3.05, 3.63) is 0 Å². The van der Waals surface area contributed by atoms with Crippen LogP contribution in [0.5, 0.6) is 0 Å². The third-order valence-electron chi connectivity index (χ3n) is 3.26. The summed E-state index contributed by atoms with van der Waals surface area (Å²) < 4.78 is 0. The van der Waals surface area contributed by atoms with E-state index < -0.39 is 5.41 Å². The molecular formula is C15H30ClNO. The number of amides is 1. The van der Waals surface area contributed by atoms with Gasteiger partial charge in [-0.05, 0) is 20.3 Å². The van der Waals surface area contributed by atoms with E-state index in [2.05, 4.69) is 12.2 Å². The lowest BCUT2D eigenvalue weighted by atomic mass is 9.95. The molecule has 0 radical (unpaired) electrons. The molecule has 3 heteroatoms. The van der Waals surface area contributed by atoms with Crippen molar-refractivity contribution in [1.82, 2.24) is 5.32 Å². The molecule has 108 valence electrons. The minimum absolute atomic E-state index is 0.0699. The predicted molar refractivity (Wildman–Crippen MR) is 80.1 cm³/mol. The van der Waals surface area contributed by atoms with E-state index in [1.165, 1.54) is 44.9 Å². The van der Waals surface area contributed by atoms with Gasteiger partial charge in [-0.25, -0.2) is 0 Å². The molecule has 0 rings (SSSR count). The Labute approximate surface area is 118 Å². The van der Waals surface area contributed by atoms with Gasteiger partial charge in [0.25, 0.3) is 0 Å². The molecule has 0 aromatic carbocycles. The Hall–Kier alpha value is -0.240. The summed E-state index contributed by atoms with van der Waals surface area (Å²) in [6, 6.07) is 0. The number of carbonyl (C=O) groups is 1. The Morgan fingerprint density at radius 2 is 1.50 bits per heavy atom. The number of alkyl halides is 1. The number of hydrogen-bond donors (Lipinski definition) is 1. The Kier molecular flexibility index (Phi) is 10.5. The number of unbranched alkanes of at least 4 members (excludes halogenated alkanes) is 7. The van der Waals surface area contributed by atoms with Crippen LogP contribution in [-0.2, 0) is 4.79 Å². The first-order valence-electron chi connectivity index (χ1n) is 7.39. The summed E-state index contributed by atoms with van der Waals surface area (Å²) in [4.78, 5) is 11.7. The van der Waals surface area contributed by atoms with Crippen LogP contribution >= 0.6 is 11.6 Å². The maximum Gasteiger partial charge on any atom is 0.226 e. The van der Waals surface area contributed by atoms with Gasteiger partial charge in [0.1, 0.15) is 0 Å². The average Bonchev–Trinajstić information content (AvgIpc) is 2.36. The molecule has 0 saturated carbocycles. The second-order valence-electron chi connectivity index (χ2n) is 5.75. The molecule has 0 saturated heterocycles. The zero-order valence-corrected chi connectivity index (χ0v) is 13.1. The van der Waals surface area contributed by atoms with Gasteiger partial charge in [-0.15, -0.1) is 11.6 Å². The van der Waals surface area contributed by atoms with E-state index in [1.54, 1.807) is 0 Å². The fraction of sp³-hybridized carbons (Fsp3) is 0.933. The monoisotopic (exact) mass is 275 g/mol. The van der Waals surface area contributed by atoms with Crippen LogP contribution in [0.3, 0.4) is 0 Å². The number of halogens is 1. The van der Waals surface area contributed by atoms with Gasteiger partial charge in [-0.3, -0.25) is 4.79 Å². The lowest BCUT2D eigenvalue weighted by Gasteiger charge is -2.20. The van der Waals surface area contributed by atoms with Gasteiger partial charge in [0.05, 0.1) is 5.41 Å². The summed E-state index contributed by atoms with van der Waals surface area (Å²) in [6.45, 7) is 6.78. The highest BCUT2D eigenvalue weighted by Gasteiger charge is 2.25. The number of rotatable bonds is 11. The summed E-state index contributed by atoms with van der Waals surface area (Å²) in [5.74, 6) is 0.441. The summed E-state index contributed by atoms with van der Waals surface area (Å²) in [5.41, 5.74) is -0.443. The first-order chi connectivity index (χ1) is 8.54. The van der Waals surface area contributed by atoms with Crippen LogP contribution in [0.15, 0.2) is 0 Å². The molecule has 0 aliphatic rings. The van der Waals surface area contributed by atoms with Crippen molar-refractivity contribution >= 4 is 17.5 Å². The fourth-order valence-corrected chi connectivity index (χ4v) is 1.88. The van der Waals surface area contributed by atoms with Crippen LogP contribution in [-0.4, -0.2) is 18.3 Å². The highest BCUT2D eigenvalue weighted by atomic mass is 35.5. The molecule has 18 heavy (non-hydrogen) atoms. The number of hydrogen-bond acceptors (Lipinski definition) is 1. The van der Waals surface area contributed by atoms with Crippen molar-refractivity contribution in [1.29, 1.82) is 0 Å². The molecule has 0 fully saturated rings. The molecule has 2 nitrogen and oxygen atoms in total. The quantitative estimate of drug-likeness (QED) is 0.436. The van der Waals surface area contributed by atoms with E-state index in [0.29, 0.717) is 5.88 Å². The zero-order chi connectivity index (χ0) is 13.9. The summed E-state index contributed by atoms with van der Waals surface area (Å²) >= 11 is 5.75. The lowest BCUT2D eigenvalue weighted by molar-refractivity contribution is -0.128. The van der Waals surface area contributed by atoms with Gasteiger partial charge in [0.15, 0.2) is 0 Å². The van der Waals surface area contributed by atoms with Crippen molar-refractivity contribution < 1.29 is 4.79 Å². The second-order valence-corrected chi connectivity index (χ2v) is 6.02. The largest absolute Gasteiger partial charge is 0.356 e. The van der Waals surface area contributed by atoms with Crippen molar-refractivity contribution in [2.45, 2.75) is 72.1 Å². The van der Waals surface area contributed by atoms with Crippen LogP contribution in [0, 0.1) is 5.41 Å². The minimum Gasteiger partial charge on any atom is -0.356 e. The SMILES string of the molecule is CCCCCCCCCCNC(=O)C(C)(C)CCl. The maximum absolute atomic E-state index is 11.7. The number of carbonyl (C=O) groups excluding carboxylic acids is 1. The standard InChI is InChI=1S/C15H30ClNO/c1-4-5-6-7-8-9-10-11-12-17-14(18)15(2,3)13-16/h4-13H2,1-3H3,(H,17,18). The van der Waals surface area contributed by atoms with E-state index in [4.69, 9.17) is 11.6 Å². The average molecular weight is 276 g/mol. The molecular weight excluding hydrogens is 246 g/mol. The summed E-state index contributed by atoms with van der Waals surface area (Å²) in [6.07, 6.45) is 10.3. The highest BCUT2D eigenvalue weighted by Crippen LogP contribution is 2.16. The van der Waals surface area contributed by atoms with E-state index in [-0.39, 0.29) is 5.91 Å². The molecule has 0 spiro atoms. The van der Waals surface area contributed by atoms with Crippen molar-refractivity contribution in [2.24, 2.45) is 5.41 Å². The Balaban J connectivity index is 3.33. The molecule has 0 aliphatic carbocycles. The summed E-state index contributed by atoms with van der Waals surface area (Å²) in [5, 5.41) is 2.96. The zero-order valence-electron chi connectivity index (χ0n) is 12.4. The predicted octanol–water partition coefficient (Wildman–Crippen LogP) is 4.51. The van der Waals surface area contributed by atoms with Crippen molar-refractivity contribution in [2.75, 3.05) is 12.4 Å². The molecule has 1 amide bonds. The molecule has 0 heterocycles. The third-order valence-corrected chi connectivity index (χ3v) is 3.93. The summed E-state index contributed by atoms with van der Waals surface area (Å²) in [7, 11) is 0. The van der Waals surface area contributed by atoms with Gasteiger partial charge < -0.3 is 5.32 Å². The van der Waals surface area contributed by atoms with E-state index in [0.717, 1.165) is 13.0 Å². The molecule has 0 atom stereocenters. The second kappa shape index (κ2) is 10.7. The molecule has 0 unspecified atom stereocenters. The van der Waals surface area contributed by atoms with Gasteiger partial charge >= 0.3 is 0 Å². The molecule has 0 aromatic rings. The Bertz CT molecular complexity index is 217. The topological polar surface area (TPSA) is 29.1 Å². The van der Waals surface area contributed by atoms with Crippen LogP contribution in [0.25, 0.3) is 0 Å². The van der Waals surface area contributed by atoms with Crippen LogP contribution < -0.4 is 5.32 Å². The molecule has 0 aromatic heterocycles. The van der Waals surface area contributed by atoms with Gasteiger partial charge in [0.2, 0.25) is 5.91 Å². The van der Waals surface area contributed by atoms with Gasteiger partial charge in [0, 0.05) is 12.4 Å². The van der Waals surface area contributed by atoms with Crippen LogP contribution in [0.2, 0.25) is 0 Å². The highest BCUT2D eigenvalue weighted by molar-refractivity contribution is 6.19. The third kappa shape index (κ3) is 8.79.